The first-order valence-electron chi connectivity index (χ1n) is 9.38. The van der Waals surface area contributed by atoms with E-state index in [1.165, 1.54) is 0 Å². The Kier molecular flexibility index (Phi) is 3.49. The first kappa shape index (κ1) is 17.4. The van der Waals surface area contributed by atoms with Gasteiger partial charge in [-0.2, -0.15) is 0 Å². The van der Waals surface area contributed by atoms with E-state index in [2.05, 4.69) is 13.5 Å². The first-order chi connectivity index (χ1) is 11.6. The first-order valence-corrected chi connectivity index (χ1v) is 9.38. The van der Waals surface area contributed by atoms with Crippen molar-refractivity contribution in [2.24, 2.45) is 34.0 Å². The fourth-order valence-corrected chi connectivity index (χ4v) is 7.25. The molecule has 1 spiro atoms. The molecule has 0 heterocycles. The summed E-state index contributed by atoms with van der Waals surface area (Å²) in [6.07, 6.45) is 1.02. The molecule has 5 heteroatoms. The fourth-order valence-electron chi connectivity index (χ4n) is 7.25. The third kappa shape index (κ3) is 1.75. The molecule has 0 aromatic heterocycles. The van der Waals surface area contributed by atoms with Gasteiger partial charge in [-0.1, -0.05) is 26.8 Å². The van der Waals surface area contributed by atoms with Gasteiger partial charge in [0.05, 0.1) is 23.7 Å². The van der Waals surface area contributed by atoms with Crippen molar-refractivity contribution in [3.05, 3.63) is 12.2 Å². The number of carbonyl (C=O) groups is 2. The van der Waals surface area contributed by atoms with Crippen molar-refractivity contribution in [2.45, 2.75) is 64.3 Å². The number of aliphatic hydroxyl groups is 3. The number of Topliss-reactive ketones (excluding diaryl/α,β-unsaturated/α-hetero) is 1. The van der Waals surface area contributed by atoms with Gasteiger partial charge < -0.3 is 20.1 Å². The lowest BCUT2D eigenvalue weighted by Gasteiger charge is -2.69. The summed E-state index contributed by atoms with van der Waals surface area (Å²) in [5, 5.41) is 32.5. The predicted octanol–water partition coefficient (Wildman–Crippen LogP) is 1.25. The van der Waals surface area contributed by atoms with Crippen molar-refractivity contribution in [3.63, 3.8) is 0 Å². The monoisotopic (exact) mass is 348 g/mol. The Bertz CT molecular complexity index is 658. The van der Waals surface area contributed by atoms with Gasteiger partial charge in [0.2, 0.25) is 0 Å². The van der Waals surface area contributed by atoms with Crippen LogP contribution >= 0.6 is 0 Å². The van der Waals surface area contributed by atoms with Gasteiger partial charge in [0, 0.05) is 11.3 Å². The predicted molar refractivity (Wildman–Crippen MR) is 90.4 cm³/mol. The van der Waals surface area contributed by atoms with E-state index in [4.69, 9.17) is 0 Å². The molecular formula is C20H28O5. The number of hydrogen-bond donors (Lipinski definition) is 3. The average molecular weight is 348 g/mol. The molecule has 9 atom stereocenters. The van der Waals surface area contributed by atoms with Gasteiger partial charge in [0.25, 0.3) is 0 Å². The minimum Gasteiger partial charge on any atom is -0.392 e. The second kappa shape index (κ2) is 5.02. The maximum atomic E-state index is 13.2. The van der Waals surface area contributed by atoms with Gasteiger partial charge in [-0.3, -0.25) is 4.79 Å². The van der Waals surface area contributed by atoms with E-state index in [0.717, 1.165) is 25.5 Å². The van der Waals surface area contributed by atoms with Gasteiger partial charge in [-0.15, -0.1) is 0 Å². The van der Waals surface area contributed by atoms with Crippen molar-refractivity contribution in [1.29, 1.82) is 0 Å². The summed E-state index contributed by atoms with van der Waals surface area (Å²) in [6, 6.07) is 0. The van der Waals surface area contributed by atoms with Crippen molar-refractivity contribution in [3.8, 4) is 0 Å². The quantitative estimate of drug-likeness (QED) is 0.490. The summed E-state index contributed by atoms with van der Waals surface area (Å²) in [5.41, 5.74) is -1.87. The Hall–Kier alpha value is -1.04. The van der Waals surface area contributed by atoms with E-state index < -0.39 is 35.1 Å². The van der Waals surface area contributed by atoms with E-state index >= 15 is 0 Å². The van der Waals surface area contributed by atoms with Crippen LogP contribution in [0.5, 0.6) is 0 Å². The number of fused-ring (bicyclic) bond motifs is 3. The van der Waals surface area contributed by atoms with Crippen LogP contribution < -0.4 is 0 Å². The summed E-state index contributed by atoms with van der Waals surface area (Å²) in [6.45, 7) is 7.94. The van der Waals surface area contributed by atoms with Crippen LogP contribution in [0.2, 0.25) is 0 Å². The van der Waals surface area contributed by atoms with Crippen LogP contribution in [0.3, 0.4) is 0 Å². The number of ketones is 1. The van der Waals surface area contributed by atoms with Crippen LogP contribution in [0, 0.1) is 34.0 Å². The summed E-state index contributed by atoms with van der Waals surface area (Å²) >= 11 is 0. The molecule has 0 saturated heterocycles. The number of aldehydes is 1. The Morgan fingerprint density at radius 2 is 1.80 bits per heavy atom. The Labute approximate surface area is 148 Å². The molecule has 0 radical (unpaired) electrons. The van der Waals surface area contributed by atoms with Crippen LogP contribution in [0.1, 0.15) is 46.0 Å². The number of aliphatic hydroxyl groups excluding tert-OH is 3. The average Bonchev–Trinajstić information content (AvgIpc) is 2.57. The van der Waals surface area contributed by atoms with E-state index in [1.54, 1.807) is 0 Å². The van der Waals surface area contributed by atoms with Crippen molar-refractivity contribution >= 4 is 12.1 Å². The minimum absolute atomic E-state index is 0.0263. The number of carbonyl (C=O) groups excluding carboxylic acids is 2. The minimum atomic E-state index is -1.38. The lowest BCUT2D eigenvalue weighted by Crippen LogP contribution is -2.75. The molecule has 5 aliphatic rings. The molecule has 5 rings (SSSR count). The zero-order chi connectivity index (χ0) is 18.4. The molecule has 138 valence electrons. The summed E-state index contributed by atoms with van der Waals surface area (Å²) < 4.78 is 0. The van der Waals surface area contributed by atoms with Gasteiger partial charge in [0.1, 0.15) is 6.29 Å². The molecule has 3 N–H and O–H groups in total. The fraction of sp³-hybridized carbons (Fsp3) is 0.800. The van der Waals surface area contributed by atoms with Crippen molar-refractivity contribution < 1.29 is 24.9 Å². The normalized spacial score (nSPS) is 57.8. The molecule has 0 aliphatic heterocycles. The molecule has 5 saturated carbocycles. The molecule has 0 aromatic rings. The zero-order valence-corrected chi connectivity index (χ0v) is 14.9. The third-order valence-electron chi connectivity index (χ3n) is 8.52. The lowest BCUT2D eigenvalue weighted by molar-refractivity contribution is -0.262. The number of hydrogen-bond acceptors (Lipinski definition) is 5. The van der Waals surface area contributed by atoms with Crippen LogP contribution in [0.4, 0.5) is 0 Å². The highest BCUT2D eigenvalue weighted by Crippen LogP contribution is 2.70. The van der Waals surface area contributed by atoms with Crippen LogP contribution in [0.25, 0.3) is 0 Å². The van der Waals surface area contributed by atoms with E-state index in [9.17, 15) is 24.9 Å². The molecular weight excluding hydrogens is 320 g/mol. The molecule has 2 bridgehead atoms. The zero-order valence-electron chi connectivity index (χ0n) is 14.9. The van der Waals surface area contributed by atoms with Crippen molar-refractivity contribution in [1.82, 2.24) is 0 Å². The maximum Gasteiger partial charge on any atom is 0.170 e. The van der Waals surface area contributed by atoms with Crippen LogP contribution in [-0.2, 0) is 9.59 Å². The van der Waals surface area contributed by atoms with Crippen LogP contribution in [0.15, 0.2) is 12.2 Å². The molecule has 5 aliphatic carbocycles. The molecule has 0 unspecified atom stereocenters. The second-order valence-corrected chi connectivity index (χ2v) is 9.40. The smallest absolute Gasteiger partial charge is 0.170 e. The topological polar surface area (TPSA) is 94.8 Å². The lowest BCUT2D eigenvalue weighted by atomic mass is 9.35. The summed E-state index contributed by atoms with van der Waals surface area (Å²) in [4.78, 5) is 25.0. The highest BCUT2D eigenvalue weighted by atomic mass is 16.3. The summed E-state index contributed by atoms with van der Waals surface area (Å²) in [5.74, 6) is -1.00. The Balaban J connectivity index is 1.89. The number of rotatable bonds is 1. The standard InChI is InChI=1S/C20H28O5/c1-10-11-7-13-19(3)6-4-5-18(2,9-21)12(19)8-14(22)20(13,16(10)24)17(25)15(11)23/h9,11-15,17,22-23,25H,1,4-8H2,2-3H3/t11-,12+,13-,14+,15-,17+,18+,19+,20-/m0/s1. The van der Waals surface area contributed by atoms with Crippen molar-refractivity contribution in [2.75, 3.05) is 0 Å². The largest absolute Gasteiger partial charge is 0.392 e. The molecule has 0 amide bonds. The Morgan fingerprint density at radius 3 is 2.44 bits per heavy atom. The van der Waals surface area contributed by atoms with E-state index in [0.29, 0.717) is 18.4 Å². The van der Waals surface area contributed by atoms with Gasteiger partial charge in [-0.25, -0.2) is 0 Å². The molecule has 5 nitrogen and oxygen atoms in total. The Morgan fingerprint density at radius 1 is 1.12 bits per heavy atom. The van der Waals surface area contributed by atoms with Gasteiger partial charge in [0.15, 0.2) is 5.78 Å². The molecule has 5 fully saturated rings. The molecule has 0 aromatic carbocycles. The van der Waals surface area contributed by atoms with E-state index in [1.807, 2.05) is 6.92 Å². The highest BCUT2D eigenvalue weighted by Gasteiger charge is 2.74. The SMILES string of the molecule is C=C1C(=O)[C@@]23[C@H](O)C[C@H]4[C@@](C)(CCC[C@]4(C)C=O)[C@@H]2C[C@@H]1[C@H](O)[C@H]3O. The third-order valence-corrected chi connectivity index (χ3v) is 8.52. The maximum absolute atomic E-state index is 13.2. The van der Waals surface area contributed by atoms with Gasteiger partial charge >= 0.3 is 0 Å². The van der Waals surface area contributed by atoms with E-state index in [-0.39, 0.29) is 23.0 Å². The second-order valence-electron chi connectivity index (χ2n) is 9.40. The van der Waals surface area contributed by atoms with Gasteiger partial charge in [-0.05, 0) is 48.5 Å². The highest BCUT2D eigenvalue weighted by molar-refractivity contribution is 6.03. The summed E-state index contributed by atoms with van der Waals surface area (Å²) in [7, 11) is 0. The van der Waals surface area contributed by atoms with Crippen LogP contribution in [-0.4, -0.2) is 45.7 Å². The molecule has 25 heavy (non-hydrogen) atoms.